The zero-order valence-electron chi connectivity index (χ0n) is 13.8. The van der Waals surface area contributed by atoms with Crippen molar-refractivity contribution in [2.24, 2.45) is 0 Å². The molecule has 122 valence electrons. The lowest BCUT2D eigenvalue weighted by Crippen LogP contribution is -1.90. The number of carbonyl (C=O) groups is 1. The summed E-state index contributed by atoms with van der Waals surface area (Å²) in [6.07, 6.45) is 0.823. The molecule has 25 heavy (non-hydrogen) atoms. The first kappa shape index (κ1) is 15.2. The van der Waals surface area contributed by atoms with Crippen LogP contribution in [0.4, 0.5) is 0 Å². The minimum absolute atomic E-state index is 0.537. The quantitative estimate of drug-likeness (QED) is 0.515. The highest BCUT2D eigenvalue weighted by Gasteiger charge is 2.17. The average molecular weight is 327 g/mol. The Morgan fingerprint density at radius 2 is 1.52 bits per heavy atom. The van der Waals surface area contributed by atoms with Gasteiger partial charge in [0, 0.05) is 16.5 Å². The molecule has 0 fully saturated rings. The lowest BCUT2D eigenvalue weighted by Gasteiger charge is -2.07. The van der Waals surface area contributed by atoms with Gasteiger partial charge in [0.1, 0.15) is 5.75 Å². The second kappa shape index (κ2) is 6.29. The van der Waals surface area contributed by atoms with Crippen molar-refractivity contribution in [2.45, 2.75) is 0 Å². The van der Waals surface area contributed by atoms with Crippen LogP contribution in [0, 0.1) is 0 Å². The first-order valence-electron chi connectivity index (χ1n) is 8.11. The van der Waals surface area contributed by atoms with E-state index in [1.807, 2.05) is 48.5 Å². The number of ether oxygens (including phenoxy) is 1. The molecule has 0 bridgehead atoms. The Bertz CT molecular complexity index is 1030. The average Bonchev–Trinajstić information content (AvgIpc) is 3.06. The van der Waals surface area contributed by atoms with E-state index >= 15 is 0 Å². The van der Waals surface area contributed by atoms with Gasteiger partial charge in [-0.25, -0.2) is 0 Å². The first-order valence-corrected chi connectivity index (χ1v) is 8.11. The van der Waals surface area contributed by atoms with E-state index in [2.05, 4.69) is 29.2 Å². The van der Waals surface area contributed by atoms with E-state index in [1.54, 1.807) is 7.11 Å². The number of aromatic amines is 1. The number of methoxy groups -OCH3 is 1. The molecule has 0 saturated heterocycles. The zero-order chi connectivity index (χ0) is 17.2. The fourth-order valence-corrected chi connectivity index (χ4v) is 3.23. The van der Waals surface area contributed by atoms with Crippen molar-refractivity contribution in [2.75, 3.05) is 7.11 Å². The number of carbonyl (C=O) groups excluding carboxylic acids is 1. The van der Waals surface area contributed by atoms with Crippen molar-refractivity contribution in [3.05, 3.63) is 78.4 Å². The van der Waals surface area contributed by atoms with Gasteiger partial charge in [-0.1, -0.05) is 60.7 Å². The molecule has 3 heteroatoms. The predicted octanol–water partition coefficient (Wildman–Crippen LogP) is 5.32. The Morgan fingerprint density at radius 1 is 0.880 bits per heavy atom. The molecule has 1 aromatic heterocycles. The van der Waals surface area contributed by atoms with Crippen molar-refractivity contribution in [1.82, 2.24) is 4.98 Å². The van der Waals surface area contributed by atoms with Crippen LogP contribution in [-0.2, 0) is 0 Å². The number of rotatable bonds is 4. The monoisotopic (exact) mass is 327 g/mol. The van der Waals surface area contributed by atoms with Gasteiger partial charge >= 0.3 is 0 Å². The molecule has 0 aliphatic heterocycles. The van der Waals surface area contributed by atoms with Gasteiger partial charge < -0.3 is 9.72 Å². The molecule has 0 atom stereocenters. The third-order valence-corrected chi connectivity index (χ3v) is 4.40. The molecular formula is C22H17NO2. The predicted molar refractivity (Wildman–Crippen MR) is 101 cm³/mol. The minimum Gasteiger partial charge on any atom is -0.496 e. The Labute approximate surface area is 145 Å². The highest BCUT2D eigenvalue weighted by atomic mass is 16.5. The third kappa shape index (κ3) is 2.60. The van der Waals surface area contributed by atoms with Gasteiger partial charge in [0.15, 0.2) is 6.29 Å². The fraction of sp³-hybridized carbons (Fsp3) is 0.0455. The lowest BCUT2D eigenvalue weighted by atomic mass is 9.98. The summed E-state index contributed by atoms with van der Waals surface area (Å²) in [5, 5.41) is 1.03. The van der Waals surface area contributed by atoms with Gasteiger partial charge in [-0.15, -0.1) is 0 Å². The molecule has 0 spiro atoms. The van der Waals surface area contributed by atoms with E-state index in [-0.39, 0.29) is 0 Å². The van der Waals surface area contributed by atoms with E-state index in [0.717, 1.165) is 39.6 Å². The Balaban J connectivity index is 2.09. The second-order valence-corrected chi connectivity index (χ2v) is 5.86. The highest BCUT2D eigenvalue weighted by Crippen LogP contribution is 2.40. The number of hydrogen-bond acceptors (Lipinski definition) is 2. The van der Waals surface area contributed by atoms with Crippen molar-refractivity contribution in [1.29, 1.82) is 0 Å². The normalized spacial score (nSPS) is 10.8. The maximum Gasteiger partial charge on any atom is 0.153 e. The van der Waals surface area contributed by atoms with E-state index in [4.69, 9.17) is 4.74 Å². The van der Waals surface area contributed by atoms with Crippen LogP contribution >= 0.6 is 0 Å². The molecule has 0 unspecified atom stereocenters. The molecule has 4 aromatic rings. The van der Waals surface area contributed by atoms with Crippen LogP contribution in [0.1, 0.15) is 10.4 Å². The summed E-state index contributed by atoms with van der Waals surface area (Å²) in [4.78, 5) is 14.9. The van der Waals surface area contributed by atoms with Gasteiger partial charge in [0.05, 0.1) is 18.4 Å². The molecule has 1 heterocycles. The summed E-state index contributed by atoms with van der Waals surface area (Å²) < 4.78 is 5.41. The van der Waals surface area contributed by atoms with Gasteiger partial charge in [-0.2, -0.15) is 0 Å². The maximum atomic E-state index is 11.4. The smallest absolute Gasteiger partial charge is 0.153 e. The summed E-state index contributed by atoms with van der Waals surface area (Å²) in [7, 11) is 1.58. The Morgan fingerprint density at radius 3 is 2.12 bits per heavy atom. The van der Waals surface area contributed by atoms with Crippen molar-refractivity contribution >= 4 is 17.2 Å². The van der Waals surface area contributed by atoms with Crippen LogP contribution in [0.3, 0.4) is 0 Å². The van der Waals surface area contributed by atoms with Crippen LogP contribution in [-0.4, -0.2) is 18.4 Å². The van der Waals surface area contributed by atoms with Gasteiger partial charge in [0.25, 0.3) is 0 Å². The number of fused-ring (bicyclic) bond motifs is 1. The number of benzene rings is 3. The standard InChI is InChI=1S/C22H17NO2/c1-25-20-13-18-19(12-17(20)14-24)23-22(16-10-6-3-7-11-16)21(18)15-8-4-2-5-9-15/h2-14,23H,1H3. The van der Waals surface area contributed by atoms with Crippen LogP contribution < -0.4 is 4.74 Å². The molecule has 4 rings (SSSR count). The largest absolute Gasteiger partial charge is 0.496 e. The second-order valence-electron chi connectivity index (χ2n) is 5.86. The van der Waals surface area contributed by atoms with Crippen LogP contribution in [0.2, 0.25) is 0 Å². The van der Waals surface area contributed by atoms with Crippen molar-refractivity contribution < 1.29 is 9.53 Å². The lowest BCUT2D eigenvalue weighted by molar-refractivity contribution is 0.112. The van der Waals surface area contributed by atoms with Crippen molar-refractivity contribution in [3.8, 4) is 28.1 Å². The zero-order valence-corrected chi connectivity index (χ0v) is 13.8. The minimum atomic E-state index is 0.537. The van der Waals surface area contributed by atoms with Gasteiger partial charge in [-0.05, 0) is 23.3 Å². The summed E-state index contributed by atoms with van der Waals surface area (Å²) in [6.45, 7) is 0. The van der Waals surface area contributed by atoms with Crippen LogP contribution in [0.15, 0.2) is 72.8 Å². The third-order valence-electron chi connectivity index (χ3n) is 4.40. The number of nitrogens with one attached hydrogen (secondary N) is 1. The number of H-pyrrole nitrogens is 1. The molecule has 3 aromatic carbocycles. The summed E-state index contributed by atoms with van der Waals surface area (Å²) in [6, 6.07) is 24.2. The van der Waals surface area contributed by atoms with E-state index in [0.29, 0.717) is 11.3 Å². The van der Waals surface area contributed by atoms with E-state index < -0.39 is 0 Å². The van der Waals surface area contributed by atoms with E-state index in [1.165, 1.54) is 0 Å². The SMILES string of the molecule is COc1cc2c(-c3ccccc3)c(-c3ccccc3)[nH]c2cc1C=O. The molecule has 0 saturated carbocycles. The van der Waals surface area contributed by atoms with E-state index in [9.17, 15) is 4.79 Å². The fourth-order valence-electron chi connectivity index (χ4n) is 3.23. The Hall–Kier alpha value is -3.33. The maximum absolute atomic E-state index is 11.4. The van der Waals surface area contributed by atoms with Crippen LogP contribution in [0.5, 0.6) is 5.75 Å². The molecule has 0 amide bonds. The summed E-state index contributed by atoms with van der Waals surface area (Å²) in [5.41, 5.74) is 5.82. The summed E-state index contributed by atoms with van der Waals surface area (Å²) in [5.74, 6) is 0.582. The Kier molecular flexibility index (Phi) is 3.82. The molecule has 0 aliphatic rings. The van der Waals surface area contributed by atoms with Gasteiger partial charge in [-0.3, -0.25) is 4.79 Å². The summed E-state index contributed by atoms with van der Waals surface area (Å²) >= 11 is 0. The highest BCUT2D eigenvalue weighted by molar-refractivity contribution is 6.06. The molecule has 0 aliphatic carbocycles. The number of aldehydes is 1. The van der Waals surface area contributed by atoms with Gasteiger partial charge in [0.2, 0.25) is 0 Å². The molecule has 1 N–H and O–H groups in total. The van der Waals surface area contributed by atoms with Crippen molar-refractivity contribution in [3.63, 3.8) is 0 Å². The first-order chi connectivity index (χ1) is 12.3. The van der Waals surface area contributed by atoms with Crippen LogP contribution in [0.25, 0.3) is 33.3 Å². The molecular weight excluding hydrogens is 310 g/mol. The molecule has 3 nitrogen and oxygen atoms in total. The number of aromatic nitrogens is 1. The number of hydrogen-bond donors (Lipinski definition) is 1. The topological polar surface area (TPSA) is 42.1 Å². The molecule has 0 radical (unpaired) electrons.